The molecule has 0 radical (unpaired) electrons. The summed E-state index contributed by atoms with van der Waals surface area (Å²) in [6.07, 6.45) is 11.6. The first kappa shape index (κ1) is 15.0. The van der Waals surface area contributed by atoms with Gasteiger partial charge < -0.3 is 0 Å². The standard InChI is InChI=1S/C19H27N/c1-3-4-5-6-7-8-9-12-17-15-16(2)18-13-10-11-14-19(18)20-17/h10-11,13-14H,2-9,12,15H2,1H3. The summed E-state index contributed by atoms with van der Waals surface area (Å²) in [5.41, 5.74) is 4.90. The maximum Gasteiger partial charge on any atom is 0.0704 e. The van der Waals surface area contributed by atoms with Gasteiger partial charge in [-0.3, -0.25) is 4.99 Å². The Labute approximate surface area is 123 Å². The summed E-state index contributed by atoms with van der Waals surface area (Å²) in [5, 5.41) is 0. The molecule has 0 fully saturated rings. The highest BCUT2D eigenvalue weighted by Crippen LogP contribution is 2.33. The lowest BCUT2D eigenvalue weighted by Crippen LogP contribution is -2.04. The van der Waals surface area contributed by atoms with Gasteiger partial charge in [0.2, 0.25) is 0 Å². The van der Waals surface area contributed by atoms with Crippen LogP contribution in [0.25, 0.3) is 5.57 Å². The summed E-state index contributed by atoms with van der Waals surface area (Å²) in [6.45, 7) is 6.47. The molecule has 2 rings (SSSR count). The maximum atomic E-state index is 4.80. The van der Waals surface area contributed by atoms with Crippen molar-refractivity contribution in [2.75, 3.05) is 0 Å². The summed E-state index contributed by atoms with van der Waals surface area (Å²) in [5.74, 6) is 0. The molecule has 0 unspecified atom stereocenters. The van der Waals surface area contributed by atoms with Crippen LogP contribution in [0.5, 0.6) is 0 Å². The van der Waals surface area contributed by atoms with Gasteiger partial charge in [0.15, 0.2) is 0 Å². The molecule has 1 nitrogen and oxygen atoms in total. The molecule has 20 heavy (non-hydrogen) atoms. The van der Waals surface area contributed by atoms with Gasteiger partial charge >= 0.3 is 0 Å². The van der Waals surface area contributed by atoms with Crippen LogP contribution in [0.4, 0.5) is 5.69 Å². The van der Waals surface area contributed by atoms with Crippen molar-refractivity contribution < 1.29 is 0 Å². The number of fused-ring (bicyclic) bond motifs is 1. The number of allylic oxidation sites excluding steroid dienone is 1. The van der Waals surface area contributed by atoms with Gasteiger partial charge in [-0.2, -0.15) is 0 Å². The Morgan fingerprint density at radius 3 is 2.50 bits per heavy atom. The van der Waals surface area contributed by atoms with Gasteiger partial charge in [0.25, 0.3) is 0 Å². The van der Waals surface area contributed by atoms with Crippen LogP contribution in [-0.4, -0.2) is 5.71 Å². The number of nitrogens with zero attached hydrogens (tertiary/aromatic N) is 1. The van der Waals surface area contributed by atoms with Crippen molar-refractivity contribution in [2.45, 2.75) is 64.7 Å². The normalized spacial score (nSPS) is 14.1. The lowest BCUT2D eigenvalue weighted by Gasteiger charge is -2.17. The highest BCUT2D eigenvalue weighted by atomic mass is 14.8. The van der Waals surface area contributed by atoms with Gasteiger partial charge in [-0.1, -0.05) is 70.2 Å². The zero-order valence-corrected chi connectivity index (χ0v) is 12.8. The number of unbranched alkanes of at least 4 members (excludes halogenated alkanes) is 6. The second kappa shape index (κ2) is 8.04. The average Bonchev–Trinajstić information content (AvgIpc) is 2.46. The summed E-state index contributed by atoms with van der Waals surface area (Å²) in [4.78, 5) is 4.80. The first-order valence-corrected chi connectivity index (χ1v) is 8.15. The number of rotatable bonds is 8. The van der Waals surface area contributed by atoms with Crippen LogP contribution in [-0.2, 0) is 0 Å². The minimum atomic E-state index is 0.965. The minimum absolute atomic E-state index is 0.965. The molecule has 0 atom stereocenters. The largest absolute Gasteiger partial charge is 0.257 e. The van der Waals surface area contributed by atoms with Crippen molar-refractivity contribution in [3.05, 3.63) is 36.4 Å². The van der Waals surface area contributed by atoms with Crippen LogP contribution in [0, 0.1) is 0 Å². The fourth-order valence-electron chi connectivity index (χ4n) is 2.85. The Balaban J connectivity index is 1.75. The fourth-order valence-corrected chi connectivity index (χ4v) is 2.85. The van der Waals surface area contributed by atoms with Crippen LogP contribution in [0.15, 0.2) is 35.8 Å². The Kier molecular flexibility index (Phi) is 6.04. The first-order valence-electron chi connectivity index (χ1n) is 8.15. The fraction of sp³-hybridized carbons (Fsp3) is 0.526. The zero-order valence-electron chi connectivity index (χ0n) is 12.8. The van der Waals surface area contributed by atoms with Crippen LogP contribution in [0.1, 0.15) is 70.3 Å². The van der Waals surface area contributed by atoms with E-state index in [4.69, 9.17) is 4.99 Å². The summed E-state index contributed by atoms with van der Waals surface area (Å²) < 4.78 is 0. The molecule has 1 heteroatoms. The molecule has 0 bridgehead atoms. The molecule has 0 N–H and O–H groups in total. The monoisotopic (exact) mass is 269 g/mol. The third kappa shape index (κ3) is 4.33. The van der Waals surface area contributed by atoms with E-state index in [-0.39, 0.29) is 0 Å². The SMILES string of the molecule is C=C1CC(CCCCCCCCC)=Nc2ccccc21. The van der Waals surface area contributed by atoms with Gasteiger partial charge in [-0.15, -0.1) is 0 Å². The molecule has 0 aliphatic carbocycles. The molecule has 1 aromatic carbocycles. The van der Waals surface area contributed by atoms with Gasteiger partial charge in [-0.25, -0.2) is 0 Å². The van der Waals surface area contributed by atoms with Crippen molar-refractivity contribution in [3.8, 4) is 0 Å². The molecule has 0 aromatic heterocycles. The van der Waals surface area contributed by atoms with Gasteiger partial charge in [0.1, 0.15) is 0 Å². The van der Waals surface area contributed by atoms with Crippen molar-refractivity contribution in [1.82, 2.24) is 0 Å². The number of benzene rings is 1. The van der Waals surface area contributed by atoms with E-state index in [0.717, 1.165) is 18.5 Å². The van der Waals surface area contributed by atoms with Crippen molar-refractivity contribution in [2.24, 2.45) is 4.99 Å². The van der Waals surface area contributed by atoms with Crippen LogP contribution in [0.3, 0.4) is 0 Å². The van der Waals surface area contributed by atoms with Crippen LogP contribution >= 0.6 is 0 Å². The molecule has 0 spiro atoms. The minimum Gasteiger partial charge on any atom is -0.257 e. The van der Waals surface area contributed by atoms with E-state index in [1.165, 1.54) is 61.8 Å². The van der Waals surface area contributed by atoms with Crippen LogP contribution < -0.4 is 0 Å². The summed E-state index contributed by atoms with van der Waals surface area (Å²) in [6, 6.07) is 8.36. The predicted octanol–water partition coefficient (Wildman–Crippen LogP) is 6.32. The van der Waals surface area contributed by atoms with E-state index < -0.39 is 0 Å². The summed E-state index contributed by atoms with van der Waals surface area (Å²) >= 11 is 0. The second-order valence-electron chi connectivity index (χ2n) is 5.85. The Hall–Kier alpha value is -1.37. The maximum absolute atomic E-state index is 4.80. The van der Waals surface area contributed by atoms with E-state index in [9.17, 15) is 0 Å². The zero-order chi connectivity index (χ0) is 14.2. The number of hydrogen-bond donors (Lipinski definition) is 0. The van der Waals surface area contributed by atoms with E-state index in [0.29, 0.717) is 0 Å². The van der Waals surface area contributed by atoms with Gasteiger partial charge in [0.05, 0.1) is 5.69 Å². The van der Waals surface area contributed by atoms with Crippen molar-refractivity contribution in [1.29, 1.82) is 0 Å². The molecule has 0 saturated carbocycles. The average molecular weight is 269 g/mol. The first-order chi connectivity index (χ1) is 9.81. The smallest absolute Gasteiger partial charge is 0.0704 e. The molecule has 1 aliphatic rings. The van der Waals surface area contributed by atoms with Crippen molar-refractivity contribution in [3.63, 3.8) is 0 Å². The molecular formula is C19H27N. The Morgan fingerprint density at radius 1 is 1.00 bits per heavy atom. The topological polar surface area (TPSA) is 12.4 Å². The molecule has 1 aliphatic heterocycles. The predicted molar refractivity (Wildman–Crippen MR) is 89.8 cm³/mol. The highest BCUT2D eigenvalue weighted by Gasteiger charge is 2.14. The number of para-hydroxylation sites is 1. The molecule has 1 heterocycles. The number of hydrogen-bond acceptors (Lipinski definition) is 1. The quantitative estimate of drug-likeness (QED) is 0.490. The van der Waals surface area contributed by atoms with Gasteiger partial charge in [0, 0.05) is 17.7 Å². The van der Waals surface area contributed by atoms with E-state index in [1.54, 1.807) is 0 Å². The molecular weight excluding hydrogens is 242 g/mol. The third-order valence-corrected chi connectivity index (χ3v) is 4.05. The second-order valence-corrected chi connectivity index (χ2v) is 5.85. The molecule has 1 aromatic rings. The Bertz CT molecular complexity index is 470. The molecule has 0 saturated heterocycles. The molecule has 0 amide bonds. The lowest BCUT2D eigenvalue weighted by atomic mass is 9.94. The lowest BCUT2D eigenvalue weighted by molar-refractivity contribution is 0.595. The molecule has 108 valence electrons. The van der Waals surface area contributed by atoms with E-state index in [2.05, 4.69) is 37.8 Å². The van der Waals surface area contributed by atoms with E-state index in [1.807, 2.05) is 0 Å². The summed E-state index contributed by atoms with van der Waals surface area (Å²) in [7, 11) is 0. The van der Waals surface area contributed by atoms with Crippen LogP contribution in [0.2, 0.25) is 0 Å². The Morgan fingerprint density at radius 2 is 1.70 bits per heavy atom. The number of aliphatic imine (C=N–C) groups is 1. The highest BCUT2D eigenvalue weighted by molar-refractivity contribution is 6.00. The van der Waals surface area contributed by atoms with E-state index >= 15 is 0 Å². The van der Waals surface area contributed by atoms with Gasteiger partial charge in [-0.05, 0) is 24.5 Å². The van der Waals surface area contributed by atoms with Crippen molar-refractivity contribution >= 4 is 17.0 Å². The third-order valence-electron chi connectivity index (χ3n) is 4.05.